The number of allylic oxidation sites excluding steroid dienone is 2. The molecular formula is C17H19Br. The molecule has 0 heterocycles. The number of hydrogen-bond acceptors (Lipinski definition) is 0. The fourth-order valence-electron chi connectivity index (χ4n) is 2.18. The van der Waals surface area contributed by atoms with Gasteiger partial charge in [0.25, 0.3) is 0 Å². The molecule has 0 amide bonds. The van der Waals surface area contributed by atoms with Crippen molar-refractivity contribution in [2.45, 2.75) is 39.5 Å². The molecule has 0 aliphatic heterocycles. The van der Waals surface area contributed by atoms with E-state index in [0.717, 1.165) is 10.0 Å². The van der Waals surface area contributed by atoms with Crippen LogP contribution in [0.1, 0.15) is 45.1 Å². The number of benzene rings is 1. The van der Waals surface area contributed by atoms with Gasteiger partial charge in [-0.15, -0.1) is 0 Å². The molecule has 1 saturated carbocycles. The quantitative estimate of drug-likeness (QED) is 0.571. The van der Waals surface area contributed by atoms with Crippen molar-refractivity contribution in [1.29, 1.82) is 0 Å². The average Bonchev–Trinajstić information content (AvgIpc) is 2.37. The van der Waals surface area contributed by atoms with Gasteiger partial charge in [-0.25, -0.2) is 0 Å². The largest absolute Gasteiger partial charge is 0.0669 e. The Balaban J connectivity index is 2.09. The van der Waals surface area contributed by atoms with Gasteiger partial charge in [-0.1, -0.05) is 43.9 Å². The van der Waals surface area contributed by atoms with E-state index < -0.39 is 0 Å². The highest BCUT2D eigenvalue weighted by atomic mass is 79.9. The number of hydrogen-bond donors (Lipinski definition) is 0. The van der Waals surface area contributed by atoms with Crippen LogP contribution >= 0.6 is 15.9 Å². The monoisotopic (exact) mass is 302 g/mol. The van der Waals surface area contributed by atoms with Crippen LogP contribution in [0.25, 0.3) is 0 Å². The number of halogens is 1. The molecule has 0 saturated heterocycles. The first-order valence-electron chi connectivity index (χ1n) is 6.51. The van der Waals surface area contributed by atoms with Crippen molar-refractivity contribution in [3.63, 3.8) is 0 Å². The minimum atomic E-state index is 0.504. The summed E-state index contributed by atoms with van der Waals surface area (Å²) in [5.74, 6) is 6.45. The van der Waals surface area contributed by atoms with Crippen LogP contribution in [0.5, 0.6) is 0 Å². The van der Waals surface area contributed by atoms with Crippen LogP contribution in [-0.2, 0) is 0 Å². The van der Waals surface area contributed by atoms with Crippen LogP contribution in [0.3, 0.4) is 0 Å². The van der Waals surface area contributed by atoms with E-state index in [2.05, 4.69) is 41.6 Å². The summed E-state index contributed by atoms with van der Waals surface area (Å²) in [4.78, 5) is 0. The molecule has 1 aliphatic carbocycles. The molecule has 1 heteroatoms. The van der Waals surface area contributed by atoms with Gasteiger partial charge in [-0.3, -0.25) is 0 Å². The molecule has 0 radical (unpaired) electrons. The van der Waals surface area contributed by atoms with Crippen LogP contribution in [0.4, 0.5) is 0 Å². The highest BCUT2D eigenvalue weighted by Gasteiger charge is 2.24. The van der Waals surface area contributed by atoms with Crippen LogP contribution in [0.2, 0.25) is 0 Å². The minimum absolute atomic E-state index is 0.504. The van der Waals surface area contributed by atoms with Crippen molar-refractivity contribution in [3.8, 4) is 11.8 Å². The maximum absolute atomic E-state index is 3.64. The van der Waals surface area contributed by atoms with E-state index in [1.165, 1.54) is 31.3 Å². The maximum atomic E-state index is 3.64. The molecule has 0 atom stereocenters. The predicted molar refractivity (Wildman–Crippen MR) is 81.5 cm³/mol. The first kappa shape index (κ1) is 13.4. The van der Waals surface area contributed by atoms with Crippen LogP contribution in [0.15, 0.2) is 40.4 Å². The molecule has 1 fully saturated rings. The van der Waals surface area contributed by atoms with Gasteiger partial charge in [-0.2, -0.15) is 0 Å². The molecule has 0 bridgehead atoms. The molecule has 0 spiro atoms. The van der Waals surface area contributed by atoms with Gasteiger partial charge >= 0.3 is 0 Å². The molecule has 0 unspecified atom stereocenters. The van der Waals surface area contributed by atoms with Gasteiger partial charge in [0.15, 0.2) is 0 Å². The van der Waals surface area contributed by atoms with Gasteiger partial charge in [0.05, 0.1) is 4.48 Å². The SMILES string of the molecule is CC1(C)CCC(=C(Br)C#Cc2ccccc2)CC1. The first-order valence-corrected chi connectivity index (χ1v) is 7.31. The Bertz CT molecular complexity index is 485. The zero-order chi connectivity index (χ0) is 13.0. The van der Waals surface area contributed by atoms with Gasteiger partial charge in [0.1, 0.15) is 0 Å². The lowest BCUT2D eigenvalue weighted by atomic mass is 9.75. The average molecular weight is 303 g/mol. The first-order chi connectivity index (χ1) is 8.57. The van der Waals surface area contributed by atoms with E-state index in [1.54, 1.807) is 0 Å². The Morgan fingerprint density at radius 3 is 2.33 bits per heavy atom. The Labute approximate surface area is 119 Å². The van der Waals surface area contributed by atoms with Crippen LogP contribution in [0, 0.1) is 17.3 Å². The Morgan fingerprint density at radius 1 is 1.11 bits per heavy atom. The van der Waals surface area contributed by atoms with Crippen molar-refractivity contribution in [1.82, 2.24) is 0 Å². The number of rotatable bonds is 0. The fourth-order valence-corrected chi connectivity index (χ4v) is 2.68. The van der Waals surface area contributed by atoms with E-state index in [0.29, 0.717) is 5.41 Å². The lowest BCUT2D eigenvalue weighted by Gasteiger charge is -2.30. The molecule has 1 aromatic carbocycles. The zero-order valence-electron chi connectivity index (χ0n) is 11.1. The van der Waals surface area contributed by atoms with Crippen molar-refractivity contribution < 1.29 is 0 Å². The fraction of sp³-hybridized carbons (Fsp3) is 0.412. The van der Waals surface area contributed by atoms with E-state index in [9.17, 15) is 0 Å². The Morgan fingerprint density at radius 2 is 1.72 bits per heavy atom. The molecule has 0 N–H and O–H groups in total. The summed E-state index contributed by atoms with van der Waals surface area (Å²) >= 11 is 3.64. The van der Waals surface area contributed by atoms with Crippen molar-refractivity contribution in [2.24, 2.45) is 5.41 Å². The van der Waals surface area contributed by atoms with E-state index in [1.807, 2.05) is 30.3 Å². The zero-order valence-corrected chi connectivity index (χ0v) is 12.7. The highest BCUT2D eigenvalue weighted by Crippen LogP contribution is 2.39. The van der Waals surface area contributed by atoms with Crippen molar-refractivity contribution in [3.05, 3.63) is 46.0 Å². The molecule has 1 aliphatic rings. The van der Waals surface area contributed by atoms with Gasteiger partial charge in [0, 0.05) is 5.56 Å². The molecular weight excluding hydrogens is 284 g/mol. The summed E-state index contributed by atoms with van der Waals surface area (Å²) in [5.41, 5.74) is 3.06. The second-order valence-corrected chi connectivity index (χ2v) is 6.49. The lowest BCUT2D eigenvalue weighted by Crippen LogP contribution is -2.16. The van der Waals surface area contributed by atoms with Crippen molar-refractivity contribution in [2.75, 3.05) is 0 Å². The van der Waals surface area contributed by atoms with Crippen LogP contribution < -0.4 is 0 Å². The lowest BCUT2D eigenvalue weighted by molar-refractivity contribution is 0.278. The van der Waals surface area contributed by atoms with E-state index in [4.69, 9.17) is 0 Å². The molecule has 0 nitrogen and oxygen atoms in total. The summed E-state index contributed by atoms with van der Waals surface area (Å²) in [6.07, 6.45) is 4.89. The Hall–Kier alpha value is -1.00. The smallest absolute Gasteiger partial charge is 0.0622 e. The van der Waals surface area contributed by atoms with E-state index >= 15 is 0 Å². The van der Waals surface area contributed by atoms with Crippen LogP contribution in [-0.4, -0.2) is 0 Å². The minimum Gasteiger partial charge on any atom is -0.0622 e. The molecule has 2 rings (SSSR count). The summed E-state index contributed by atoms with van der Waals surface area (Å²) < 4.78 is 1.10. The second-order valence-electron chi connectivity index (χ2n) is 5.70. The third kappa shape index (κ3) is 3.75. The van der Waals surface area contributed by atoms with E-state index in [-0.39, 0.29) is 0 Å². The second kappa shape index (κ2) is 5.76. The van der Waals surface area contributed by atoms with Gasteiger partial charge in [-0.05, 0) is 64.7 Å². The Kier molecular flexibility index (Phi) is 4.30. The third-order valence-corrected chi connectivity index (χ3v) is 4.37. The topological polar surface area (TPSA) is 0 Å². The van der Waals surface area contributed by atoms with Gasteiger partial charge < -0.3 is 0 Å². The highest BCUT2D eigenvalue weighted by molar-refractivity contribution is 9.12. The predicted octanol–water partition coefficient (Wildman–Crippen LogP) is 5.29. The molecule has 1 aromatic rings. The standard InChI is InChI=1S/C17H19Br/c1-17(2)12-10-15(11-13-17)16(18)9-8-14-6-4-3-5-7-14/h3-7H,10-13H2,1-2H3. The van der Waals surface area contributed by atoms with Gasteiger partial charge in [0.2, 0.25) is 0 Å². The normalized spacial score (nSPS) is 17.8. The third-order valence-electron chi connectivity index (χ3n) is 3.61. The summed E-state index contributed by atoms with van der Waals surface area (Å²) in [6, 6.07) is 10.1. The van der Waals surface area contributed by atoms with Crippen molar-refractivity contribution >= 4 is 15.9 Å². The summed E-state index contributed by atoms with van der Waals surface area (Å²) in [6.45, 7) is 4.71. The summed E-state index contributed by atoms with van der Waals surface area (Å²) in [5, 5.41) is 0. The maximum Gasteiger partial charge on any atom is 0.0669 e. The molecule has 18 heavy (non-hydrogen) atoms. The summed E-state index contributed by atoms with van der Waals surface area (Å²) in [7, 11) is 0. The molecule has 0 aromatic heterocycles. The molecule has 94 valence electrons.